The van der Waals surface area contributed by atoms with E-state index in [4.69, 9.17) is 16.3 Å². The van der Waals surface area contributed by atoms with Crippen LogP contribution in [0.4, 0.5) is 5.82 Å². The number of carbonyl (C=O) groups excluding carboxylic acids is 2. The summed E-state index contributed by atoms with van der Waals surface area (Å²) >= 11 is 5.77. The summed E-state index contributed by atoms with van der Waals surface area (Å²) in [4.78, 5) is 27.9. The van der Waals surface area contributed by atoms with Gasteiger partial charge in [-0.25, -0.2) is 9.78 Å². The van der Waals surface area contributed by atoms with E-state index < -0.39 is 5.97 Å². The number of ether oxygens (including phenoxy) is 1. The zero-order chi connectivity index (χ0) is 15.2. The van der Waals surface area contributed by atoms with Crippen molar-refractivity contribution in [3.05, 3.63) is 58.7 Å². The molecule has 1 N–H and O–H groups in total. The molecule has 6 heteroatoms. The molecule has 1 heterocycles. The molecule has 0 aliphatic carbocycles. The van der Waals surface area contributed by atoms with Gasteiger partial charge in [0, 0.05) is 16.8 Å². The van der Waals surface area contributed by atoms with Gasteiger partial charge in [-0.15, -0.1) is 0 Å². The molecule has 0 saturated carbocycles. The molecule has 0 aliphatic rings. The minimum atomic E-state index is -0.531. The number of halogens is 1. The van der Waals surface area contributed by atoms with Gasteiger partial charge in [0.15, 0.2) is 0 Å². The normalized spacial score (nSPS) is 10.0. The van der Waals surface area contributed by atoms with Gasteiger partial charge in [0.1, 0.15) is 11.4 Å². The van der Waals surface area contributed by atoms with Gasteiger partial charge in [-0.3, -0.25) is 4.79 Å². The number of esters is 1. The van der Waals surface area contributed by atoms with E-state index in [0.29, 0.717) is 10.6 Å². The molecule has 108 valence electrons. The van der Waals surface area contributed by atoms with Crippen LogP contribution in [0, 0.1) is 0 Å². The summed E-state index contributed by atoms with van der Waals surface area (Å²) in [5, 5.41) is 3.13. The second-order valence-electron chi connectivity index (χ2n) is 4.08. The minimum absolute atomic E-state index is 0.163. The Bertz CT molecular complexity index is 656. The average molecular weight is 305 g/mol. The Hall–Kier alpha value is -2.40. The number of hydrogen-bond donors (Lipinski definition) is 1. The number of rotatable bonds is 4. The van der Waals surface area contributed by atoms with Crippen molar-refractivity contribution in [2.24, 2.45) is 0 Å². The lowest BCUT2D eigenvalue weighted by Crippen LogP contribution is -2.17. The van der Waals surface area contributed by atoms with Gasteiger partial charge in [0.05, 0.1) is 6.61 Å². The highest BCUT2D eigenvalue weighted by atomic mass is 35.5. The fourth-order valence-electron chi connectivity index (χ4n) is 1.66. The van der Waals surface area contributed by atoms with Crippen molar-refractivity contribution in [2.75, 3.05) is 11.9 Å². The van der Waals surface area contributed by atoms with Crippen molar-refractivity contribution in [2.45, 2.75) is 6.92 Å². The number of hydrogen-bond acceptors (Lipinski definition) is 4. The van der Waals surface area contributed by atoms with Gasteiger partial charge >= 0.3 is 5.97 Å². The van der Waals surface area contributed by atoms with Crippen molar-refractivity contribution in [1.82, 2.24) is 4.98 Å². The van der Waals surface area contributed by atoms with Gasteiger partial charge < -0.3 is 10.1 Å². The van der Waals surface area contributed by atoms with Crippen molar-refractivity contribution >= 4 is 29.3 Å². The summed E-state index contributed by atoms with van der Waals surface area (Å²) in [6.07, 6.45) is 1.49. The molecule has 0 spiro atoms. The highest BCUT2D eigenvalue weighted by molar-refractivity contribution is 6.30. The van der Waals surface area contributed by atoms with Crippen molar-refractivity contribution in [1.29, 1.82) is 0 Å². The lowest BCUT2D eigenvalue weighted by molar-refractivity contribution is 0.0527. The summed E-state index contributed by atoms with van der Waals surface area (Å²) in [6, 6.07) is 9.55. The van der Waals surface area contributed by atoms with Crippen LogP contribution in [0.1, 0.15) is 27.6 Å². The summed E-state index contributed by atoms with van der Waals surface area (Å²) in [5.41, 5.74) is 0.626. The Morgan fingerprint density at radius 2 is 1.95 bits per heavy atom. The fourth-order valence-corrected chi connectivity index (χ4v) is 1.79. The SMILES string of the molecule is CCOC(=O)c1cccnc1NC(=O)c1ccc(Cl)cc1. The number of amides is 1. The molecule has 0 unspecified atom stereocenters. The molecule has 0 bridgehead atoms. The average Bonchev–Trinajstić information content (AvgIpc) is 2.48. The topological polar surface area (TPSA) is 68.3 Å². The minimum Gasteiger partial charge on any atom is -0.462 e. The third-order valence-corrected chi connectivity index (χ3v) is 2.89. The predicted molar refractivity (Wildman–Crippen MR) is 79.6 cm³/mol. The molecule has 1 amide bonds. The van der Waals surface area contributed by atoms with E-state index >= 15 is 0 Å². The third kappa shape index (κ3) is 3.79. The first kappa shape index (κ1) is 15.0. The number of aromatic nitrogens is 1. The standard InChI is InChI=1S/C15H13ClN2O3/c1-2-21-15(20)12-4-3-9-17-13(12)18-14(19)10-5-7-11(16)8-6-10/h3-9H,2H2,1H3,(H,17,18,19). The monoisotopic (exact) mass is 304 g/mol. The predicted octanol–water partition coefficient (Wildman–Crippen LogP) is 3.16. The molecule has 2 aromatic rings. The van der Waals surface area contributed by atoms with Crippen LogP contribution < -0.4 is 5.32 Å². The van der Waals surface area contributed by atoms with Crippen LogP contribution in [-0.4, -0.2) is 23.5 Å². The van der Waals surface area contributed by atoms with Crippen molar-refractivity contribution in [3.8, 4) is 0 Å². The van der Waals surface area contributed by atoms with E-state index in [-0.39, 0.29) is 23.9 Å². The number of anilines is 1. The van der Waals surface area contributed by atoms with Gasteiger partial charge in [-0.05, 0) is 43.3 Å². The molecule has 0 radical (unpaired) electrons. The first-order valence-corrected chi connectivity index (χ1v) is 6.68. The molecule has 0 fully saturated rings. The number of benzene rings is 1. The summed E-state index contributed by atoms with van der Waals surface area (Å²) in [6.45, 7) is 1.96. The smallest absolute Gasteiger partial charge is 0.341 e. The Labute approximate surface area is 126 Å². The maximum Gasteiger partial charge on any atom is 0.341 e. The molecular formula is C15H13ClN2O3. The summed E-state index contributed by atoms with van der Waals surface area (Å²) < 4.78 is 4.92. The zero-order valence-electron chi connectivity index (χ0n) is 11.3. The maximum absolute atomic E-state index is 12.1. The first-order valence-electron chi connectivity index (χ1n) is 6.31. The third-order valence-electron chi connectivity index (χ3n) is 2.64. The van der Waals surface area contributed by atoms with E-state index in [0.717, 1.165) is 0 Å². The second-order valence-corrected chi connectivity index (χ2v) is 4.52. The molecule has 0 aliphatic heterocycles. The number of nitrogens with one attached hydrogen (secondary N) is 1. The van der Waals surface area contributed by atoms with Gasteiger partial charge in [-0.1, -0.05) is 11.6 Å². The van der Waals surface area contributed by atoms with Gasteiger partial charge in [0.2, 0.25) is 0 Å². The lowest BCUT2D eigenvalue weighted by atomic mass is 10.2. The Kier molecular flexibility index (Phi) is 4.90. The van der Waals surface area contributed by atoms with Crippen LogP contribution in [-0.2, 0) is 4.74 Å². The molecule has 1 aromatic carbocycles. The van der Waals surface area contributed by atoms with Crippen LogP contribution in [0.5, 0.6) is 0 Å². The molecule has 0 atom stereocenters. The number of pyridine rings is 1. The highest BCUT2D eigenvalue weighted by Gasteiger charge is 2.16. The Balaban J connectivity index is 2.21. The van der Waals surface area contributed by atoms with Crippen molar-refractivity contribution < 1.29 is 14.3 Å². The van der Waals surface area contributed by atoms with E-state index in [1.807, 2.05) is 0 Å². The molecular weight excluding hydrogens is 292 g/mol. The Morgan fingerprint density at radius 3 is 2.62 bits per heavy atom. The first-order chi connectivity index (χ1) is 10.1. The van der Waals surface area contributed by atoms with Crippen LogP contribution in [0.3, 0.4) is 0 Å². The second kappa shape index (κ2) is 6.85. The van der Waals surface area contributed by atoms with Gasteiger partial charge in [-0.2, -0.15) is 0 Å². The van der Waals surface area contributed by atoms with Crippen LogP contribution >= 0.6 is 11.6 Å². The largest absolute Gasteiger partial charge is 0.462 e. The van der Waals surface area contributed by atoms with E-state index in [9.17, 15) is 9.59 Å². The number of nitrogens with zero attached hydrogens (tertiary/aromatic N) is 1. The molecule has 5 nitrogen and oxygen atoms in total. The number of carbonyl (C=O) groups is 2. The molecule has 0 saturated heterocycles. The quantitative estimate of drug-likeness (QED) is 0.881. The lowest BCUT2D eigenvalue weighted by Gasteiger charge is -2.09. The van der Waals surface area contributed by atoms with Crippen LogP contribution in [0.15, 0.2) is 42.6 Å². The van der Waals surface area contributed by atoms with E-state index in [2.05, 4.69) is 10.3 Å². The van der Waals surface area contributed by atoms with Crippen LogP contribution in [0.2, 0.25) is 5.02 Å². The van der Waals surface area contributed by atoms with E-state index in [1.165, 1.54) is 6.20 Å². The zero-order valence-corrected chi connectivity index (χ0v) is 12.1. The summed E-state index contributed by atoms with van der Waals surface area (Å²) in [7, 11) is 0. The molecule has 1 aromatic heterocycles. The Morgan fingerprint density at radius 1 is 1.24 bits per heavy atom. The molecule has 2 rings (SSSR count). The van der Waals surface area contributed by atoms with Crippen molar-refractivity contribution in [3.63, 3.8) is 0 Å². The fraction of sp³-hybridized carbons (Fsp3) is 0.133. The maximum atomic E-state index is 12.1. The highest BCUT2D eigenvalue weighted by Crippen LogP contribution is 2.15. The molecule has 21 heavy (non-hydrogen) atoms. The summed E-state index contributed by atoms with van der Waals surface area (Å²) in [5.74, 6) is -0.746. The van der Waals surface area contributed by atoms with Crippen LogP contribution in [0.25, 0.3) is 0 Å². The van der Waals surface area contributed by atoms with E-state index in [1.54, 1.807) is 43.3 Å². The van der Waals surface area contributed by atoms with Gasteiger partial charge in [0.25, 0.3) is 5.91 Å².